The number of piperidine rings is 1. The van der Waals surface area contributed by atoms with Gasteiger partial charge >= 0.3 is 0 Å². The molecule has 1 aliphatic rings. The molecule has 1 aromatic carbocycles. The Hall–Kier alpha value is -1.79. The highest BCUT2D eigenvalue weighted by Gasteiger charge is 2.23. The molecule has 1 aliphatic heterocycles. The maximum atomic E-state index is 5.48. The Morgan fingerprint density at radius 3 is 2.33 bits per heavy atom. The van der Waals surface area contributed by atoms with Gasteiger partial charge in [0.2, 0.25) is 0 Å². The Morgan fingerprint density at radius 1 is 1.11 bits per heavy atom. The van der Waals surface area contributed by atoms with E-state index in [1.54, 1.807) is 21.3 Å². The summed E-state index contributed by atoms with van der Waals surface area (Å²) in [6.07, 6.45) is 3.86. The van der Waals surface area contributed by atoms with Crippen molar-refractivity contribution < 1.29 is 9.47 Å². The molecule has 0 aliphatic carbocycles. The molecular weight excluding hydrogens is 340 g/mol. The Bertz CT molecular complexity index is 580. The molecule has 0 amide bonds. The first-order valence-corrected chi connectivity index (χ1v) is 9.87. The highest BCUT2D eigenvalue weighted by atomic mass is 16.5. The van der Waals surface area contributed by atoms with Gasteiger partial charge < -0.3 is 20.1 Å². The summed E-state index contributed by atoms with van der Waals surface area (Å²) < 4.78 is 10.8. The van der Waals surface area contributed by atoms with Crippen LogP contribution in [0.25, 0.3) is 0 Å². The van der Waals surface area contributed by atoms with Gasteiger partial charge in [-0.25, -0.2) is 0 Å². The molecule has 1 fully saturated rings. The van der Waals surface area contributed by atoms with Gasteiger partial charge in [-0.05, 0) is 57.5 Å². The molecule has 27 heavy (non-hydrogen) atoms. The van der Waals surface area contributed by atoms with Gasteiger partial charge in [0.1, 0.15) is 5.75 Å². The van der Waals surface area contributed by atoms with Crippen LogP contribution in [0.3, 0.4) is 0 Å². The fraction of sp³-hybridized carbons (Fsp3) is 0.667. The number of rotatable bonds is 8. The van der Waals surface area contributed by atoms with Gasteiger partial charge in [-0.15, -0.1) is 0 Å². The van der Waals surface area contributed by atoms with Crippen molar-refractivity contribution in [2.24, 2.45) is 4.99 Å². The zero-order chi connectivity index (χ0) is 19.7. The molecule has 1 saturated heterocycles. The minimum absolute atomic E-state index is 0.236. The largest absolute Gasteiger partial charge is 0.497 e. The van der Waals surface area contributed by atoms with Gasteiger partial charge in [-0.2, -0.15) is 0 Å². The molecule has 0 spiro atoms. The molecule has 6 heteroatoms. The molecule has 2 rings (SSSR count). The van der Waals surface area contributed by atoms with Crippen LogP contribution in [-0.2, 0) is 4.74 Å². The summed E-state index contributed by atoms with van der Waals surface area (Å²) in [4.78, 5) is 6.94. The number of hydrogen-bond donors (Lipinski definition) is 2. The second-order valence-electron chi connectivity index (χ2n) is 7.66. The van der Waals surface area contributed by atoms with E-state index in [1.165, 1.54) is 24.8 Å². The van der Waals surface area contributed by atoms with E-state index in [9.17, 15) is 0 Å². The third-order valence-electron chi connectivity index (χ3n) is 5.25. The lowest BCUT2D eigenvalue weighted by molar-refractivity contribution is 0.0268. The summed E-state index contributed by atoms with van der Waals surface area (Å²) in [6, 6.07) is 8.74. The smallest absolute Gasteiger partial charge is 0.191 e. The number of nitrogens with one attached hydrogen (secondary N) is 2. The monoisotopic (exact) mass is 376 g/mol. The molecule has 152 valence electrons. The molecule has 0 saturated carbocycles. The van der Waals surface area contributed by atoms with Crippen LogP contribution in [0.5, 0.6) is 5.75 Å². The van der Waals surface area contributed by atoms with Gasteiger partial charge in [0.15, 0.2) is 5.96 Å². The van der Waals surface area contributed by atoms with E-state index in [1.807, 2.05) is 12.1 Å². The van der Waals surface area contributed by atoms with Gasteiger partial charge in [0, 0.05) is 27.2 Å². The van der Waals surface area contributed by atoms with E-state index >= 15 is 0 Å². The summed E-state index contributed by atoms with van der Waals surface area (Å²) in [5, 5.41) is 6.86. The van der Waals surface area contributed by atoms with E-state index in [0.29, 0.717) is 12.6 Å². The van der Waals surface area contributed by atoms with E-state index < -0.39 is 0 Å². The van der Waals surface area contributed by atoms with Gasteiger partial charge in [0.05, 0.1) is 18.8 Å². The van der Waals surface area contributed by atoms with E-state index in [2.05, 4.69) is 46.5 Å². The van der Waals surface area contributed by atoms with Crippen LogP contribution in [0.1, 0.15) is 44.7 Å². The second kappa shape index (κ2) is 10.5. The minimum Gasteiger partial charge on any atom is -0.497 e. The van der Waals surface area contributed by atoms with Crippen molar-refractivity contribution in [1.82, 2.24) is 15.5 Å². The maximum Gasteiger partial charge on any atom is 0.191 e. The van der Waals surface area contributed by atoms with Gasteiger partial charge in [0.25, 0.3) is 0 Å². The molecule has 2 N–H and O–H groups in total. The number of ether oxygens (including phenoxy) is 2. The van der Waals surface area contributed by atoms with Crippen LogP contribution in [0, 0.1) is 0 Å². The predicted molar refractivity (Wildman–Crippen MR) is 112 cm³/mol. The Kier molecular flexibility index (Phi) is 8.38. The van der Waals surface area contributed by atoms with E-state index in [-0.39, 0.29) is 5.60 Å². The highest BCUT2D eigenvalue weighted by molar-refractivity contribution is 5.79. The third-order valence-corrected chi connectivity index (χ3v) is 5.25. The first kappa shape index (κ1) is 21.5. The number of nitrogens with zero attached hydrogens (tertiary/aromatic N) is 2. The fourth-order valence-electron chi connectivity index (χ4n) is 3.30. The Balaban J connectivity index is 2.04. The fourth-order valence-corrected chi connectivity index (χ4v) is 3.30. The predicted octanol–water partition coefficient (Wildman–Crippen LogP) is 2.81. The quantitative estimate of drug-likeness (QED) is 0.540. The molecule has 1 heterocycles. The Morgan fingerprint density at radius 2 is 1.78 bits per heavy atom. The zero-order valence-corrected chi connectivity index (χ0v) is 17.5. The average Bonchev–Trinajstić information content (AvgIpc) is 2.71. The van der Waals surface area contributed by atoms with Crippen LogP contribution < -0.4 is 15.4 Å². The number of guanidine groups is 1. The summed E-state index contributed by atoms with van der Waals surface area (Å²) >= 11 is 0. The van der Waals surface area contributed by atoms with Crippen LogP contribution in [0.15, 0.2) is 29.3 Å². The zero-order valence-electron chi connectivity index (χ0n) is 17.5. The van der Waals surface area contributed by atoms with Crippen molar-refractivity contribution in [3.63, 3.8) is 0 Å². The summed E-state index contributed by atoms with van der Waals surface area (Å²) in [5.41, 5.74) is 1.07. The second-order valence-corrected chi connectivity index (χ2v) is 7.66. The van der Waals surface area contributed by atoms with Gasteiger partial charge in [-0.3, -0.25) is 9.89 Å². The van der Waals surface area contributed by atoms with Crippen LogP contribution >= 0.6 is 0 Å². The Labute approximate surface area is 164 Å². The van der Waals surface area contributed by atoms with E-state index in [0.717, 1.165) is 31.3 Å². The van der Waals surface area contributed by atoms with E-state index in [4.69, 9.17) is 9.47 Å². The van der Waals surface area contributed by atoms with Crippen LogP contribution in [0.4, 0.5) is 0 Å². The van der Waals surface area contributed by atoms with Crippen LogP contribution in [-0.4, -0.2) is 63.9 Å². The average molecular weight is 377 g/mol. The standard InChI is InChI=1S/C21H36N4O2/c1-21(2,27-5)16-24-20(22-3)23-15-19(25-13-7-6-8-14-25)17-9-11-18(26-4)12-10-17/h9-12,19H,6-8,13-16H2,1-5H3,(H2,22,23,24). The SMILES string of the molecule is CN=C(NCC(c1ccc(OC)cc1)N1CCCCC1)NCC(C)(C)OC. The lowest BCUT2D eigenvalue weighted by Crippen LogP contribution is -2.48. The van der Waals surface area contributed by atoms with Gasteiger partial charge in [-0.1, -0.05) is 18.6 Å². The number of likely N-dealkylation sites (tertiary alicyclic amines) is 1. The number of aliphatic imine (C=N–C) groups is 1. The van der Waals surface area contributed by atoms with Crippen molar-refractivity contribution in [2.45, 2.75) is 44.8 Å². The van der Waals surface area contributed by atoms with Crippen molar-refractivity contribution in [3.8, 4) is 5.75 Å². The molecule has 6 nitrogen and oxygen atoms in total. The number of methoxy groups -OCH3 is 2. The third kappa shape index (κ3) is 6.70. The molecule has 0 radical (unpaired) electrons. The summed E-state index contributed by atoms with van der Waals surface area (Å²) in [6.45, 7) is 7.89. The molecule has 0 aromatic heterocycles. The van der Waals surface area contributed by atoms with Crippen molar-refractivity contribution in [2.75, 3.05) is 47.4 Å². The first-order valence-electron chi connectivity index (χ1n) is 9.87. The normalized spacial score (nSPS) is 17.4. The molecule has 1 unspecified atom stereocenters. The summed E-state index contributed by atoms with van der Waals surface area (Å²) in [7, 11) is 5.24. The molecule has 1 atom stereocenters. The molecular formula is C21H36N4O2. The molecule has 1 aromatic rings. The maximum absolute atomic E-state index is 5.48. The van der Waals surface area contributed by atoms with Crippen molar-refractivity contribution in [3.05, 3.63) is 29.8 Å². The highest BCUT2D eigenvalue weighted by Crippen LogP contribution is 2.25. The molecule has 0 bridgehead atoms. The minimum atomic E-state index is -0.236. The summed E-state index contributed by atoms with van der Waals surface area (Å²) in [5.74, 6) is 1.69. The first-order chi connectivity index (χ1) is 13.0. The van der Waals surface area contributed by atoms with Crippen molar-refractivity contribution in [1.29, 1.82) is 0 Å². The van der Waals surface area contributed by atoms with Crippen molar-refractivity contribution >= 4 is 5.96 Å². The number of benzene rings is 1. The van der Waals surface area contributed by atoms with Crippen LogP contribution in [0.2, 0.25) is 0 Å². The number of hydrogen-bond acceptors (Lipinski definition) is 4. The lowest BCUT2D eigenvalue weighted by atomic mass is 10.0. The lowest BCUT2D eigenvalue weighted by Gasteiger charge is -2.35. The topological polar surface area (TPSA) is 58.1 Å².